The van der Waals surface area contributed by atoms with Crippen LogP contribution in [0.3, 0.4) is 0 Å². The molecule has 3 heteroatoms. The van der Waals surface area contributed by atoms with Crippen molar-refractivity contribution in [3.63, 3.8) is 0 Å². The second kappa shape index (κ2) is 8.83. The van der Waals surface area contributed by atoms with Gasteiger partial charge in [0, 0.05) is 13.1 Å². The van der Waals surface area contributed by atoms with Crippen molar-refractivity contribution in [3.8, 4) is 0 Å². The molecule has 0 spiro atoms. The molecular formula is C2H8CoN2+2. The molecule has 0 heterocycles. The molecular weight excluding hydrogens is 111 g/mol. The van der Waals surface area contributed by atoms with E-state index in [4.69, 9.17) is 11.5 Å². The van der Waals surface area contributed by atoms with Gasteiger partial charge in [0.05, 0.1) is 0 Å². The molecule has 0 aromatic heterocycles. The average Bonchev–Trinajstić information content (AvgIpc) is 1.37. The summed E-state index contributed by atoms with van der Waals surface area (Å²) in [4.78, 5) is 0. The van der Waals surface area contributed by atoms with E-state index < -0.39 is 0 Å². The van der Waals surface area contributed by atoms with Crippen LogP contribution in [0.2, 0.25) is 0 Å². The molecule has 1 radical (unpaired) electrons. The van der Waals surface area contributed by atoms with Crippen LogP contribution in [0.25, 0.3) is 0 Å². The van der Waals surface area contributed by atoms with Gasteiger partial charge in [-0.1, -0.05) is 0 Å². The zero-order chi connectivity index (χ0) is 3.41. The molecule has 0 bridgehead atoms. The van der Waals surface area contributed by atoms with Crippen LogP contribution in [0.1, 0.15) is 0 Å². The van der Waals surface area contributed by atoms with Gasteiger partial charge in [0.2, 0.25) is 0 Å². The van der Waals surface area contributed by atoms with Gasteiger partial charge in [0.15, 0.2) is 0 Å². The average molecular weight is 119 g/mol. The van der Waals surface area contributed by atoms with E-state index in [2.05, 4.69) is 0 Å². The Hall–Kier alpha value is 0.426. The Morgan fingerprint density at radius 2 is 1.20 bits per heavy atom. The summed E-state index contributed by atoms with van der Waals surface area (Å²) in [6.07, 6.45) is 0. The molecule has 33 valence electrons. The van der Waals surface area contributed by atoms with Crippen molar-refractivity contribution in [1.82, 2.24) is 0 Å². The van der Waals surface area contributed by atoms with Gasteiger partial charge in [0.1, 0.15) is 0 Å². The van der Waals surface area contributed by atoms with Gasteiger partial charge in [-0.3, -0.25) is 0 Å². The molecule has 0 unspecified atom stereocenters. The Balaban J connectivity index is 0. The third kappa shape index (κ3) is 12.8. The van der Waals surface area contributed by atoms with Crippen molar-refractivity contribution in [3.05, 3.63) is 0 Å². The molecule has 5 heavy (non-hydrogen) atoms. The minimum atomic E-state index is 0. The minimum Gasteiger partial charge on any atom is -0.329 e. The Morgan fingerprint density at radius 3 is 1.20 bits per heavy atom. The van der Waals surface area contributed by atoms with Gasteiger partial charge in [-0.05, 0) is 0 Å². The summed E-state index contributed by atoms with van der Waals surface area (Å²) < 4.78 is 0. The molecule has 0 saturated heterocycles. The quantitative estimate of drug-likeness (QED) is 0.460. The third-order valence-corrected chi connectivity index (χ3v) is 0.167. The number of hydrogen-bond donors (Lipinski definition) is 2. The van der Waals surface area contributed by atoms with E-state index >= 15 is 0 Å². The number of nitrogens with two attached hydrogens (primary N) is 2. The topological polar surface area (TPSA) is 52.0 Å². The van der Waals surface area contributed by atoms with Crippen molar-refractivity contribution >= 4 is 0 Å². The first-order valence-corrected chi connectivity index (χ1v) is 1.32. The maximum atomic E-state index is 4.90. The molecule has 0 rings (SSSR count). The van der Waals surface area contributed by atoms with Crippen molar-refractivity contribution in [2.45, 2.75) is 0 Å². The SMILES string of the molecule is NCCN.[Co+2]. The van der Waals surface area contributed by atoms with Crippen LogP contribution in [0.5, 0.6) is 0 Å². The maximum Gasteiger partial charge on any atom is 2.00 e. The molecule has 0 aromatic rings. The van der Waals surface area contributed by atoms with E-state index in [9.17, 15) is 0 Å². The maximum absolute atomic E-state index is 4.90. The zero-order valence-electron chi connectivity index (χ0n) is 2.90. The minimum absolute atomic E-state index is 0. The molecule has 0 aliphatic carbocycles. The van der Waals surface area contributed by atoms with E-state index in [1.54, 1.807) is 0 Å². The molecule has 0 amide bonds. The van der Waals surface area contributed by atoms with Crippen LogP contribution in [0.15, 0.2) is 0 Å². The fourth-order valence-electron chi connectivity index (χ4n) is 0. The smallest absolute Gasteiger partial charge is 0.329 e. The normalized spacial score (nSPS) is 6.00. The Labute approximate surface area is 42.1 Å². The summed E-state index contributed by atoms with van der Waals surface area (Å²) in [5.74, 6) is 0. The molecule has 0 saturated carbocycles. The first kappa shape index (κ1) is 9.06. The fraction of sp³-hybridized carbons (Fsp3) is 1.00. The summed E-state index contributed by atoms with van der Waals surface area (Å²) in [6, 6.07) is 0. The van der Waals surface area contributed by atoms with E-state index in [0.29, 0.717) is 13.1 Å². The predicted octanol–water partition coefficient (Wildman–Crippen LogP) is -1.10. The van der Waals surface area contributed by atoms with E-state index in [0.717, 1.165) is 0 Å². The predicted molar refractivity (Wildman–Crippen MR) is 18.1 cm³/mol. The standard InChI is InChI=1S/C2H8N2.Co/c3-1-2-4;/h1-4H2;/q;+2. The van der Waals surface area contributed by atoms with Gasteiger partial charge in [-0.2, -0.15) is 0 Å². The summed E-state index contributed by atoms with van der Waals surface area (Å²) in [7, 11) is 0. The fourth-order valence-corrected chi connectivity index (χ4v) is 0. The van der Waals surface area contributed by atoms with Crippen LogP contribution in [0.4, 0.5) is 0 Å². The third-order valence-electron chi connectivity index (χ3n) is 0.167. The Kier molecular flexibility index (Phi) is 16.0. The second-order valence-electron chi connectivity index (χ2n) is 0.577. The van der Waals surface area contributed by atoms with Gasteiger partial charge in [-0.15, -0.1) is 0 Å². The molecule has 0 aliphatic rings. The molecule has 0 aliphatic heterocycles. The molecule has 4 N–H and O–H groups in total. The van der Waals surface area contributed by atoms with Crippen molar-refractivity contribution in [1.29, 1.82) is 0 Å². The summed E-state index contributed by atoms with van der Waals surface area (Å²) in [5.41, 5.74) is 9.81. The van der Waals surface area contributed by atoms with Gasteiger partial charge in [0.25, 0.3) is 0 Å². The first-order chi connectivity index (χ1) is 1.91. The summed E-state index contributed by atoms with van der Waals surface area (Å²) >= 11 is 0. The number of hydrogen-bond acceptors (Lipinski definition) is 2. The first-order valence-electron chi connectivity index (χ1n) is 1.32. The van der Waals surface area contributed by atoms with E-state index in [-0.39, 0.29) is 16.8 Å². The van der Waals surface area contributed by atoms with Crippen molar-refractivity contribution < 1.29 is 16.8 Å². The Morgan fingerprint density at radius 1 is 1.00 bits per heavy atom. The number of rotatable bonds is 1. The summed E-state index contributed by atoms with van der Waals surface area (Å²) in [6.45, 7) is 1.19. The van der Waals surface area contributed by atoms with Crippen LogP contribution >= 0.6 is 0 Å². The van der Waals surface area contributed by atoms with E-state index in [1.165, 1.54) is 0 Å². The van der Waals surface area contributed by atoms with Gasteiger partial charge >= 0.3 is 16.8 Å². The molecule has 0 atom stereocenters. The molecule has 0 aromatic carbocycles. The van der Waals surface area contributed by atoms with Crippen LogP contribution in [-0.4, -0.2) is 13.1 Å². The Bertz CT molecular complexity index is 9.61. The largest absolute Gasteiger partial charge is 2.00 e. The van der Waals surface area contributed by atoms with Crippen LogP contribution < -0.4 is 11.5 Å². The van der Waals surface area contributed by atoms with Gasteiger partial charge < -0.3 is 11.5 Å². The van der Waals surface area contributed by atoms with E-state index in [1.807, 2.05) is 0 Å². The molecule has 0 fully saturated rings. The zero-order valence-corrected chi connectivity index (χ0v) is 3.94. The van der Waals surface area contributed by atoms with Crippen LogP contribution in [-0.2, 0) is 16.8 Å². The van der Waals surface area contributed by atoms with Crippen molar-refractivity contribution in [2.75, 3.05) is 13.1 Å². The summed E-state index contributed by atoms with van der Waals surface area (Å²) in [5, 5.41) is 0. The van der Waals surface area contributed by atoms with Crippen LogP contribution in [0, 0.1) is 0 Å². The molecule has 2 nitrogen and oxygen atoms in total. The van der Waals surface area contributed by atoms with Crippen molar-refractivity contribution in [2.24, 2.45) is 11.5 Å². The monoisotopic (exact) mass is 119 g/mol. The van der Waals surface area contributed by atoms with Gasteiger partial charge in [-0.25, -0.2) is 0 Å². The second-order valence-corrected chi connectivity index (χ2v) is 0.577.